The second kappa shape index (κ2) is 9.23. The maximum atomic E-state index is 12.5. The third-order valence-electron chi connectivity index (χ3n) is 4.34. The minimum absolute atomic E-state index is 0.104. The second-order valence-electron chi connectivity index (χ2n) is 6.52. The molecule has 4 aromatic rings. The maximum absolute atomic E-state index is 12.5. The van der Waals surface area contributed by atoms with Crippen molar-refractivity contribution in [3.05, 3.63) is 83.1 Å². The first-order valence-electron chi connectivity index (χ1n) is 9.22. The molecule has 150 valence electrons. The molecule has 0 radical (unpaired) electrons. The SMILES string of the molecule is Cc1cc(NC(=O)CSc2nnc(-c3cccnc3)n2-c2ccccc2)ccc1Br. The quantitative estimate of drug-likeness (QED) is 0.388. The summed E-state index contributed by atoms with van der Waals surface area (Å²) in [5.41, 5.74) is 3.61. The summed E-state index contributed by atoms with van der Waals surface area (Å²) < 4.78 is 2.95. The van der Waals surface area contributed by atoms with Gasteiger partial charge in [0.2, 0.25) is 5.91 Å². The number of hydrogen-bond acceptors (Lipinski definition) is 5. The van der Waals surface area contributed by atoms with Crippen LogP contribution in [0.25, 0.3) is 17.1 Å². The highest BCUT2D eigenvalue weighted by Crippen LogP contribution is 2.28. The van der Waals surface area contributed by atoms with Gasteiger partial charge in [-0.05, 0) is 55.0 Å². The lowest BCUT2D eigenvalue weighted by atomic mass is 10.2. The number of halogens is 1. The van der Waals surface area contributed by atoms with Crippen LogP contribution in [0.3, 0.4) is 0 Å². The van der Waals surface area contributed by atoms with Gasteiger partial charge in [-0.3, -0.25) is 14.3 Å². The van der Waals surface area contributed by atoms with Gasteiger partial charge in [0, 0.05) is 33.8 Å². The van der Waals surface area contributed by atoms with E-state index in [0.29, 0.717) is 11.0 Å². The minimum atomic E-state index is -0.104. The van der Waals surface area contributed by atoms with Gasteiger partial charge in [0.1, 0.15) is 0 Å². The lowest BCUT2D eigenvalue weighted by Crippen LogP contribution is -2.14. The molecule has 30 heavy (non-hydrogen) atoms. The Morgan fingerprint density at radius 1 is 1.10 bits per heavy atom. The molecule has 0 spiro atoms. The molecule has 1 N–H and O–H groups in total. The molecule has 8 heteroatoms. The number of anilines is 1. The Bertz CT molecular complexity index is 1160. The number of hydrogen-bond donors (Lipinski definition) is 1. The van der Waals surface area contributed by atoms with Crippen molar-refractivity contribution < 1.29 is 4.79 Å². The zero-order valence-corrected chi connectivity index (χ0v) is 18.5. The molecule has 2 aromatic heterocycles. The Morgan fingerprint density at radius 3 is 2.67 bits per heavy atom. The van der Waals surface area contributed by atoms with Gasteiger partial charge in [-0.15, -0.1) is 10.2 Å². The molecule has 0 bridgehead atoms. The monoisotopic (exact) mass is 479 g/mol. The number of para-hydroxylation sites is 1. The van der Waals surface area contributed by atoms with Crippen molar-refractivity contribution in [2.45, 2.75) is 12.1 Å². The van der Waals surface area contributed by atoms with E-state index in [1.54, 1.807) is 12.4 Å². The van der Waals surface area contributed by atoms with Crippen LogP contribution in [-0.2, 0) is 4.79 Å². The first-order valence-corrected chi connectivity index (χ1v) is 11.0. The number of carbonyl (C=O) groups is 1. The number of nitrogens with zero attached hydrogens (tertiary/aromatic N) is 4. The fourth-order valence-electron chi connectivity index (χ4n) is 2.90. The van der Waals surface area contributed by atoms with Gasteiger partial charge >= 0.3 is 0 Å². The van der Waals surface area contributed by atoms with E-state index in [4.69, 9.17) is 0 Å². The summed E-state index contributed by atoms with van der Waals surface area (Å²) in [6.45, 7) is 1.98. The minimum Gasteiger partial charge on any atom is -0.325 e. The number of aryl methyl sites for hydroxylation is 1. The molecule has 0 unspecified atom stereocenters. The standard InChI is InChI=1S/C22H18BrN5OS/c1-15-12-17(9-10-19(15)23)25-20(29)14-30-22-27-26-21(16-6-5-11-24-13-16)28(22)18-7-3-2-4-8-18/h2-13H,14H2,1H3,(H,25,29). The van der Waals surface area contributed by atoms with Crippen LogP contribution in [0, 0.1) is 6.92 Å². The number of nitrogens with one attached hydrogen (secondary N) is 1. The van der Waals surface area contributed by atoms with E-state index in [1.165, 1.54) is 11.8 Å². The topological polar surface area (TPSA) is 72.7 Å². The molecule has 0 aliphatic carbocycles. The van der Waals surface area contributed by atoms with Crippen LogP contribution >= 0.6 is 27.7 Å². The van der Waals surface area contributed by atoms with E-state index in [-0.39, 0.29) is 11.7 Å². The predicted molar refractivity (Wildman–Crippen MR) is 123 cm³/mol. The zero-order chi connectivity index (χ0) is 20.9. The van der Waals surface area contributed by atoms with Crippen molar-refractivity contribution in [2.75, 3.05) is 11.1 Å². The van der Waals surface area contributed by atoms with E-state index >= 15 is 0 Å². The Labute approximate surface area is 186 Å². The average molecular weight is 480 g/mol. The molecular formula is C22H18BrN5OS. The van der Waals surface area contributed by atoms with Gasteiger partial charge in [0.05, 0.1) is 5.75 Å². The number of aromatic nitrogens is 4. The summed E-state index contributed by atoms with van der Waals surface area (Å²) in [6.07, 6.45) is 3.47. The number of rotatable bonds is 6. The van der Waals surface area contributed by atoms with Gasteiger partial charge < -0.3 is 5.32 Å². The van der Waals surface area contributed by atoms with Gasteiger partial charge in [0.25, 0.3) is 0 Å². The van der Waals surface area contributed by atoms with Crippen LogP contribution in [0.4, 0.5) is 5.69 Å². The van der Waals surface area contributed by atoms with Crippen LogP contribution in [0.1, 0.15) is 5.56 Å². The highest BCUT2D eigenvalue weighted by atomic mass is 79.9. The van der Waals surface area contributed by atoms with Gasteiger partial charge in [-0.2, -0.15) is 0 Å². The molecule has 0 saturated carbocycles. The highest BCUT2D eigenvalue weighted by molar-refractivity contribution is 9.10. The summed E-state index contributed by atoms with van der Waals surface area (Å²) in [5, 5.41) is 12.3. The molecule has 0 aliphatic rings. The molecule has 2 aromatic carbocycles. The van der Waals surface area contributed by atoms with Crippen molar-refractivity contribution in [2.24, 2.45) is 0 Å². The molecule has 0 atom stereocenters. The Morgan fingerprint density at radius 2 is 1.93 bits per heavy atom. The predicted octanol–water partition coefficient (Wildman–Crippen LogP) is 5.13. The molecule has 2 heterocycles. The zero-order valence-electron chi connectivity index (χ0n) is 16.1. The molecule has 0 saturated heterocycles. The van der Waals surface area contributed by atoms with Crippen LogP contribution in [0.15, 0.2) is 82.7 Å². The molecule has 0 aliphatic heterocycles. The van der Waals surface area contributed by atoms with Crippen molar-refractivity contribution >= 4 is 39.3 Å². The van der Waals surface area contributed by atoms with E-state index in [9.17, 15) is 4.79 Å². The maximum Gasteiger partial charge on any atom is 0.234 e. The van der Waals surface area contributed by atoms with Crippen LogP contribution in [-0.4, -0.2) is 31.4 Å². The average Bonchev–Trinajstić information content (AvgIpc) is 3.20. The number of amides is 1. The lowest BCUT2D eigenvalue weighted by molar-refractivity contribution is -0.113. The van der Waals surface area contributed by atoms with Crippen molar-refractivity contribution in [1.82, 2.24) is 19.7 Å². The van der Waals surface area contributed by atoms with Crippen LogP contribution in [0.2, 0.25) is 0 Å². The van der Waals surface area contributed by atoms with Crippen LogP contribution < -0.4 is 5.32 Å². The van der Waals surface area contributed by atoms with Gasteiger partial charge in [0.15, 0.2) is 11.0 Å². The first kappa shape index (κ1) is 20.3. The summed E-state index contributed by atoms with van der Waals surface area (Å²) in [7, 11) is 0. The normalized spacial score (nSPS) is 10.7. The molecule has 0 fully saturated rings. The van der Waals surface area contributed by atoms with E-state index < -0.39 is 0 Å². The van der Waals surface area contributed by atoms with Gasteiger partial charge in [-0.25, -0.2) is 0 Å². The van der Waals surface area contributed by atoms with Gasteiger partial charge in [-0.1, -0.05) is 45.9 Å². The number of carbonyl (C=O) groups excluding carboxylic acids is 1. The number of benzene rings is 2. The molecule has 4 rings (SSSR count). The van der Waals surface area contributed by atoms with E-state index in [2.05, 4.69) is 36.4 Å². The fraction of sp³-hybridized carbons (Fsp3) is 0.0909. The molecule has 6 nitrogen and oxygen atoms in total. The smallest absolute Gasteiger partial charge is 0.234 e. The third kappa shape index (κ3) is 4.60. The summed E-state index contributed by atoms with van der Waals surface area (Å²) in [5.74, 6) is 0.792. The van der Waals surface area contributed by atoms with Crippen LogP contribution in [0.5, 0.6) is 0 Å². The van der Waals surface area contributed by atoms with Crippen molar-refractivity contribution in [1.29, 1.82) is 0 Å². The third-order valence-corrected chi connectivity index (χ3v) is 6.16. The van der Waals surface area contributed by atoms with E-state index in [0.717, 1.165) is 27.0 Å². The largest absolute Gasteiger partial charge is 0.325 e. The lowest BCUT2D eigenvalue weighted by Gasteiger charge is -2.10. The fourth-order valence-corrected chi connectivity index (χ4v) is 3.90. The number of thioether (sulfide) groups is 1. The highest BCUT2D eigenvalue weighted by Gasteiger charge is 2.17. The molecular weight excluding hydrogens is 462 g/mol. The Hall–Kier alpha value is -2.97. The second-order valence-corrected chi connectivity index (χ2v) is 8.32. The summed E-state index contributed by atoms with van der Waals surface area (Å²) in [4.78, 5) is 16.7. The summed E-state index contributed by atoms with van der Waals surface area (Å²) >= 11 is 4.81. The van der Waals surface area contributed by atoms with E-state index in [1.807, 2.05) is 72.2 Å². The molecule has 1 amide bonds. The Balaban J connectivity index is 1.56. The van der Waals surface area contributed by atoms with Crippen molar-refractivity contribution in [3.8, 4) is 17.1 Å². The van der Waals surface area contributed by atoms with Crippen molar-refractivity contribution in [3.63, 3.8) is 0 Å². The first-order chi connectivity index (χ1) is 14.6. The Kier molecular flexibility index (Phi) is 6.25. The number of pyridine rings is 1. The summed E-state index contributed by atoms with van der Waals surface area (Å²) in [6, 6.07) is 19.4.